The molecular weight excluding hydrogens is 316 g/mol. The molecule has 1 fully saturated rings. The normalized spacial score (nSPS) is 17.5. The summed E-state index contributed by atoms with van der Waals surface area (Å²) in [5.41, 5.74) is 0.989. The molecule has 112 valence electrons. The van der Waals surface area contributed by atoms with Gasteiger partial charge >= 0.3 is 0 Å². The highest BCUT2D eigenvalue weighted by Crippen LogP contribution is 2.29. The molecule has 0 amide bonds. The van der Waals surface area contributed by atoms with E-state index in [4.69, 9.17) is 0 Å². The van der Waals surface area contributed by atoms with Gasteiger partial charge in [-0.1, -0.05) is 22.9 Å². The molecule has 1 atom stereocenters. The van der Waals surface area contributed by atoms with Gasteiger partial charge in [-0.3, -0.25) is 0 Å². The second kappa shape index (κ2) is 8.01. The van der Waals surface area contributed by atoms with Crippen LogP contribution in [0.2, 0.25) is 0 Å². The largest absolute Gasteiger partial charge is 0.508 e. The van der Waals surface area contributed by atoms with Crippen LogP contribution in [0.5, 0.6) is 5.75 Å². The van der Waals surface area contributed by atoms with E-state index in [0.717, 1.165) is 23.0 Å². The zero-order valence-electron chi connectivity index (χ0n) is 12.2. The molecule has 0 saturated carbocycles. The maximum absolute atomic E-state index is 10.00. The lowest BCUT2D eigenvalue weighted by Gasteiger charge is -2.20. The maximum Gasteiger partial charge on any atom is 0.120 e. The lowest BCUT2D eigenvalue weighted by molar-refractivity contribution is 0.326. The molecule has 20 heavy (non-hydrogen) atoms. The SMILES string of the molecule is CCC(NCCCN1CCCC1)c1cc(Br)ccc1O. The molecule has 0 radical (unpaired) electrons. The van der Waals surface area contributed by atoms with Crippen LogP contribution in [0, 0.1) is 0 Å². The molecule has 0 bridgehead atoms. The number of hydrogen-bond acceptors (Lipinski definition) is 3. The van der Waals surface area contributed by atoms with E-state index in [1.807, 2.05) is 12.1 Å². The third kappa shape index (κ3) is 4.47. The van der Waals surface area contributed by atoms with Crippen LogP contribution in [0.15, 0.2) is 22.7 Å². The molecule has 1 aromatic carbocycles. The van der Waals surface area contributed by atoms with Crippen LogP contribution in [0.4, 0.5) is 0 Å². The monoisotopic (exact) mass is 340 g/mol. The summed E-state index contributed by atoms with van der Waals surface area (Å²) in [4.78, 5) is 2.54. The molecule has 0 aromatic heterocycles. The van der Waals surface area contributed by atoms with Crippen molar-refractivity contribution in [1.29, 1.82) is 0 Å². The second-order valence-electron chi connectivity index (χ2n) is 5.52. The van der Waals surface area contributed by atoms with Gasteiger partial charge < -0.3 is 15.3 Å². The van der Waals surface area contributed by atoms with Crippen molar-refractivity contribution in [1.82, 2.24) is 10.2 Å². The highest BCUT2D eigenvalue weighted by Gasteiger charge is 2.14. The van der Waals surface area contributed by atoms with Gasteiger partial charge in [0.2, 0.25) is 0 Å². The number of halogens is 1. The zero-order chi connectivity index (χ0) is 14.4. The van der Waals surface area contributed by atoms with Crippen LogP contribution in [-0.2, 0) is 0 Å². The summed E-state index contributed by atoms with van der Waals surface area (Å²) in [5, 5.41) is 13.6. The Morgan fingerprint density at radius 3 is 2.80 bits per heavy atom. The van der Waals surface area contributed by atoms with Crippen LogP contribution in [0.3, 0.4) is 0 Å². The zero-order valence-corrected chi connectivity index (χ0v) is 13.8. The Labute approximate surface area is 130 Å². The lowest BCUT2D eigenvalue weighted by Crippen LogP contribution is -2.27. The average Bonchev–Trinajstić information content (AvgIpc) is 2.95. The molecule has 1 heterocycles. The van der Waals surface area contributed by atoms with Gasteiger partial charge in [-0.15, -0.1) is 0 Å². The van der Waals surface area contributed by atoms with E-state index >= 15 is 0 Å². The number of nitrogens with zero attached hydrogens (tertiary/aromatic N) is 1. The van der Waals surface area contributed by atoms with Crippen LogP contribution < -0.4 is 5.32 Å². The molecule has 1 aliphatic heterocycles. The molecule has 1 unspecified atom stereocenters. The standard InChI is InChI=1S/C16H25BrN2O/c1-2-15(14-12-13(17)6-7-16(14)20)18-8-5-11-19-9-3-4-10-19/h6-7,12,15,18,20H,2-5,8-11H2,1H3. The molecule has 4 heteroatoms. The highest BCUT2D eigenvalue weighted by atomic mass is 79.9. The van der Waals surface area contributed by atoms with E-state index < -0.39 is 0 Å². The minimum Gasteiger partial charge on any atom is -0.508 e. The number of likely N-dealkylation sites (tertiary alicyclic amines) is 1. The molecule has 1 aromatic rings. The van der Waals surface area contributed by atoms with Gasteiger partial charge in [0.15, 0.2) is 0 Å². The third-order valence-corrected chi connectivity index (χ3v) is 4.51. The molecule has 2 rings (SSSR count). The topological polar surface area (TPSA) is 35.5 Å². The fourth-order valence-corrected chi connectivity index (χ4v) is 3.24. The minimum atomic E-state index is 0.228. The van der Waals surface area contributed by atoms with Gasteiger partial charge in [-0.05, 0) is 70.1 Å². The number of aromatic hydroxyl groups is 1. The molecule has 2 N–H and O–H groups in total. The smallest absolute Gasteiger partial charge is 0.120 e. The second-order valence-corrected chi connectivity index (χ2v) is 6.44. The van der Waals surface area contributed by atoms with E-state index in [2.05, 4.69) is 33.1 Å². The number of phenols is 1. The quantitative estimate of drug-likeness (QED) is 0.743. The number of phenolic OH excluding ortho intramolecular Hbond substituents is 1. The minimum absolute atomic E-state index is 0.228. The predicted molar refractivity (Wildman–Crippen MR) is 87.1 cm³/mol. The number of benzene rings is 1. The number of hydrogen-bond donors (Lipinski definition) is 2. The first-order valence-electron chi connectivity index (χ1n) is 7.65. The van der Waals surface area contributed by atoms with Crippen molar-refractivity contribution in [2.24, 2.45) is 0 Å². The summed E-state index contributed by atoms with van der Waals surface area (Å²) >= 11 is 3.47. The Hall–Kier alpha value is -0.580. The van der Waals surface area contributed by atoms with E-state index in [9.17, 15) is 5.11 Å². The van der Waals surface area contributed by atoms with Crippen molar-refractivity contribution < 1.29 is 5.11 Å². The molecule has 1 aliphatic rings. The van der Waals surface area contributed by atoms with Crippen LogP contribution in [0.1, 0.15) is 44.2 Å². The first-order chi connectivity index (χ1) is 9.70. The summed E-state index contributed by atoms with van der Waals surface area (Å²) < 4.78 is 1.02. The van der Waals surface area contributed by atoms with Crippen molar-refractivity contribution >= 4 is 15.9 Å². The fourth-order valence-electron chi connectivity index (χ4n) is 2.86. The van der Waals surface area contributed by atoms with Crippen LogP contribution >= 0.6 is 15.9 Å². The average molecular weight is 341 g/mol. The highest BCUT2D eigenvalue weighted by molar-refractivity contribution is 9.10. The van der Waals surface area contributed by atoms with E-state index in [1.165, 1.54) is 38.9 Å². The van der Waals surface area contributed by atoms with E-state index in [1.54, 1.807) is 6.07 Å². The molecule has 3 nitrogen and oxygen atoms in total. The van der Waals surface area contributed by atoms with Gasteiger partial charge in [0.05, 0.1) is 0 Å². The van der Waals surface area contributed by atoms with Gasteiger partial charge in [-0.2, -0.15) is 0 Å². The van der Waals surface area contributed by atoms with Gasteiger partial charge in [0.1, 0.15) is 5.75 Å². The molecule has 0 aliphatic carbocycles. The third-order valence-electron chi connectivity index (χ3n) is 4.01. The number of nitrogens with one attached hydrogen (secondary N) is 1. The van der Waals surface area contributed by atoms with E-state index in [-0.39, 0.29) is 6.04 Å². The predicted octanol–water partition coefficient (Wildman–Crippen LogP) is 3.68. The van der Waals surface area contributed by atoms with Crippen molar-refractivity contribution in [3.63, 3.8) is 0 Å². The van der Waals surface area contributed by atoms with Crippen molar-refractivity contribution in [2.75, 3.05) is 26.2 Å². The summed E-state index contributed by atoms with van der Waals surface area (Å²) in [6.45, 7) is 6.88. The first kappa shape index (κ1) is 15.8. The lowest BCUT2D eigenvalue weighted by atomic mass is 10.0. The van der Waals surface area contributed by atoms with Crippen molar-refractivity contribution in [3.05, 3.63) is 28.2 Å². The fraction of sp³-hybridized carbons (Fsp3) is 0.625. The van der Waals surface area contributed by atoms with Crippen molar-refractivity contribution in [3.8, 4) is 5.75 Å². The molecular formula is C16H25BrN2O. The maximum atomic E-state index is 10.00. The molecule has 0 spiro atoms. The summed E-state index contributed by atoms with van der Waals surface area (Å²) in [5.74, 6) is 0.382. The van der Waals surface area contributed by atoms with Crippen molar-refractivity contribution in [2.45, 2.75) is 38.6 Å². The number of rotatable bonds is 7. The Morgan fingerprint density at radius 1 is 1.35 bits per heavy atom. The van der Waals surface area contributed by atoms with Gasteiger partial charge in [-0.25, -0.2) is 0 Å². The Kier molecular flexibility index (Phi) is 6.33. The van der Waals surface area contributed by atoms with Crippen LogP contribution in [-0.4, -0.2) is 36.2 Å². The van der Waals surface area contributed by atoms with Gasteiger partial charge in [0, 0.05) is 16.1 Å². The summed E-state index contributed by atoms with van der Waals surface area (Å²) in [6, 6.07) is 5.87. The van der Waals surface area contributed by atoms with Crippen LogP contribution in [0.25, 0.3) is 0 Å². The molecule has 1 saturated heterocycles. The first-order valence-corrected chi connectivity index (χ1v) is 8.44. The Bertz CT molecular complexity index is 419. The summed E-state index contributed by atoms with van der Waals surface area (Å²) in [7, 11) is 0. The Balaban J connectivity index is 1.80. The summed E-state index contributed by atoms with van der Waals surface area (Å²) in [6.07, 6.45) is 4.87. The van der Waals surface area contributed by atoms with Gasteiger partial charge in [0.25, 0.3) is 0 Å². The van der Waals surface area contributed by atoms with E-state index in [0.29, 0.717) is 5.75 Å². The Morgan fingerprint density at radius 2 is 2.10 bits per heavy atom.